The van der Waals surface area contributed by atoms with Gasteiger partial charge in [0.2, 0.25) is 0 Å². The number of benzene rings is 1. The zero-order valence-corrected chi connectivity index (χ0v) is 10.6. The van der Waals surface area contributed by atoms with Gasteiger partial charge in [-0.1, -0.05) is 22.9 Å². The van der Waals surface area contributed by atoms with Crippen LogP contribution in [0.5, 0.6) is 5.75 Å². The van der Waals surface area contributed by atoms with E-state index >= 15 is 0 Å². The molecule has 0 aliphatic carbocycles. The van der Waals surface area contributed by atoms with Crippen molar-refractivity contribution in [1.82, 2.24) is 10.1 Å². The van der Waals surface area contributed by atoms with Crippen LogP contribution < -0.4 is 10.5 Å². The molecule has 1 aromatic heterocycles. The smallest absolute Gasteiger partial charge is 0.264 e. The Morgan fingerprint density at radius 1 is 1.33 bits per heavy atom. The molecule has 0 bridgehead atoms. The first kappa shape index (κ1) is 12.6. The van der Waals surface area contributed by atoms with Gasteiger partial charge >= 0.3 is 0 Å². The first-order valence-electron chi connectivity index (χ1n) is 5.90. The molecule has 0 fully saturated rings. The molecule has 0 atom stereocenters. The summed E-state index contributed by atoms with van der Waals surface area (Å²) in [5, 5.41) is 3.72. The highest BCUT2D eigenvalue weighted by Gasteiger charge is 2.07. The second-order valence-electron chi connectivity index (χ2n) is 4.17. The maximum Gasteiger partial charge on any atom is 0.264 e. The summed E-state index contributed by atoms with van der Waals surface area (Å²) in [7, 11) is 0. The van der Waals surface area contributed by atoms with Gasteiger partial charge in [-0.2, -0.15) is 4.98 Å². The van der Waals surface area contributed by atoms with Crippen molar-refractivity contribution < 1.29 is 9.26 Å². The Morgan fingerprint density at radius 3 is 2.83 bits per heavy atom. The van der Waals surface area contributed by atoms with Gasteiger partial charge in [-0.05, 0) is 38.4 Å². The molecule has 0 aliphatic rings. The van der Waals surface area contributed by atoms with E-state index in [1.807, 2.05) is 19.1 Å². The van der Waals surface area contributed by atoms with Crippen LogP contribution in [-0.2, 0) is 13.0 Å². The summed E-state index contributed by atoms with van der Waals surface area (Å²) in [5.74, 6) is 1.91. The number of ether oxygens (including phenoxy) is 1. The van der Waals surface area contributed by atoms with E-state index in [9.17, 15) is 0 Å². The van der Waals surface area contributed by atoms with Crippen molar-refractivity contribution in [3.63, 3.8) is 0 Å². The Morgan fingerprint density at radius 2 is 2.17 bits per heavy atom. The minimum absolute atomic E-state index is 0.279. The molecule has 0 spiro atoms. The van der Waals surface area contributed by atoms with E-state index in [0.29, 0.717) is 18.3 Å². The van der Waals surface area contributed by atoms with E-state index in [0.717, 1.165) is 17.7 Å². The molecular formula is C13H17N3O2. The number of nitrogens with zero attached hydrogens (tertiary/aromatic N) is 2. The number of hydrogen-bond donors (Lipinski definition) is 1. The summed E-state index contributed by atoms with van der Waals surface area (Å²) in [6.07, 6.45) is 0.792. The highest BCUT2D eigenvalue weighted by Crippen LogP contribution is 2.21. The summed E-state index contributed by atoms with van der Waals surface area (Å²) >= 11 is 0. The van der Waals surface area contributed by atoms with Gasteiger partial charge in [0.15, 0.2) is 12.4 Å². The molecule has 5 nitrogen and oxygen atoms in total. The molecule has 1 aromatic carbocycles. The second-order valence-corrected chi connectivity index (χ2v) is 4.17. The first-order valence-corrected chi connectivity index (χ1v) is 5.90. The molecule has 5 heteroatoms. The third kappa shape index (κ3) is 3.07. The summed E-state index contributed by atoms with van der Waals surface area (Å²) in [6, 6.07) is 6.04. The van der Waals surface area contributed by atoms with Gasteiger partial charge in [-0.15, -0.1) is 0 Å². The Kier molecular flexibility index (Phi) is 3.94. The van der Waals surface area contributed by atoms with Crippen molar-refractivity contribution in [3.8, 4) is 5.75 Å². The lowest BCUT2D eigenvalue weighted by Crippen LogP contribution is -2.06. The standard InChI is InChI=1S/C13H17N3O2/c1-9-3-4-12(11(7-9)5-6-14)17-8-13-15-10(2)16-18-13/h3-4,7H,5-6,8,14H2,1-2H3. The quantitative estimate of drug-likeness (QED) is 0.871. The molecule has 18 heavy (non-hydrogen) atoms. The van der Waals surface area contributed by atoms with Crippen LogP contribution in [0, 0.1) is 13.8 Å². The lowest BCUT2D eigenvalue weighted by atomic mass is 10.1. The molecule has 0 amide bonds. The minimum atomic E-state index is 0.279. The maximum absolute atomic E-state index is 5.69. The molecule has 0 saturated carbocycles. The SMILES string of the molecule is Cc1ccc(OCc2nc(C)no2)c(CCN)c1. The van der Waals surface area contributed by atoms with Crippen LogP contribution in [0.4, 0.5) is 0 Å². The summed E-state index contributed by atoms with van der Waals surface area (Å²) in [5.41, 5.74) is 7.89. The van der Waals surface area contributed by atoms with Crippen LogP contribution in [0.15, 0.2) is 22.7 Å². The van der Waals surface area contributed by atoms with Crippen molar-refractivity contribution in [2.75, 3.05) is 6.54 Å². The van der Waals surface area contributed by atoms with Crippen molar-refractivity contribution in [1.29, 1.82) is 0 Å². The Hall–Kier alpha value is -1.88. The molecule has 2 N–H and O–H groups in total. The van der Waals surface area contributed by atoms with Gasteiger partial charge in [-0.25, -0.2) is 0 Å². The van der Waals surface area contributed by atoms with E-state index in [2.05, 4.69) is 16.2 Å². The zero-order chi connectivity index (χ0) is 13.0. The van der Waals surface area contributed by atoms with Crippen LogP contribution in [0.1, 0.15) is 22.8 Å². The van der Waals surface area contributed by atoms with E-state index in [4.69, 9.17) is 15.0 Å². The van der Waals surface area contributed by atoms with Gasteiger partial charge in [0.25, 0.3) is 5.89 Å². The van der Waals surface area contributed by atoms with Crippen LogP contribution >= 0.6 is 0 Å². The van der Waals surface area contributed by atoms with Crippen LogP contribution in [-0.4, -0.2) is 16.7 Å². The summed E-state index contributed by atoms with van der Waals surface area (Å²) < 4.78 is 10.7. The number of hydrogen-bond acceptors (Lipinski definition) is 5. The minimum Gasteiger partial charge on any atom is -0.483 e. The normalized spacial score (nSPS) is 10.6. The number of nitrogens with two attached hydrogens (primary N) is 1. The molecule has 2 rings (SSSR count). The largest absolute Gasteiger partial charge is 0.483 e. The van der Waals surface area contributed by atoms with Crippen molar-refractivity contribution in [2.45, 2.75) is 26.9 Å². The van der Waals surface area contributed by atoms with Crippen LogP contribution in [0.2, 0.25) is 0 Å². The Bertz CT molecular complexity index is 523. The molecule has 0 saturated heterocycles. The van der Waals surface area contributed by atoms with Crippen molar-refractivity contribution >= 4 is 0 Å². The molecule has 2 aromatic rings. The predicted molar refractivity (Wildman–Crippen MR) is 67.3 cm³/mol. The zero-order valence-electron chi connectivity index (χ0n) is 10.6. The van der Waals surface area contributed by atoms with Crippen molar-refractivity contribution in [3.05, 3.63) is 41.0 Å². The lowest BCUT2D eigenvalue weighted by Gasteiger charge is -2.10. The fourth-order valence-electron chi connectivity index (χ4n) is 1.74. The summed E-state index contributed by atoms with van der Waals surface area (Å²) in [6.45, 7) is 4.70. The fraction of sp³-hybridized carbons (Fsp3) is 0.385. The number of aryl methyl sites for hydroxylation is 2. The monoisotopic (exact) mass is 247 g/mol. The third-order valence-corrected chi connectivity index (χ3v) is 2.55. The average Bonchev–Trinajstić information content (AvgIpc) is 2.75. The lowest BCUT2D eigenvalue weighted by molar-refractivity contribution is 0.241. The number of rotatable bonds is 5. The molecular weight excluding hydrogens is 230 g/mol. The predicted octanol–water partition coefficient (Wildman–Crippen LogP) is 1.77. The van der Waals surface area contributed by atoms with Gasteiger partial charge < -0.3 is 15.0 Å². The van der Waals surface area contributed by atoms with E-state index in [1.165, 1.54) is 5.56 Å². The van der Waals surface area contributed by atoms with Crippen LogP contribution in [0.25, 0.3) is 0 Å². The first-order chi connectivity index (χ1) is 8.69. The Labute approximate surface area is 106 Å². The van der Waals surface area contributed by atoms with E-state index in [1.54, 1.807) is 6.92 Å². The highest BCUT2D eigenvalue weighted by molar-refractivity contribution is 5.37. The molecule has 0 radical (unpaired) electrons. The number of aromatic nitrogens is 2. The molecule has 0 unspecified atom stereocenters. The summed E-state index contributed by atoms with van der Waals surface area (Å²) in [4.78, 5) is 4.09. The fourth-order valence-corrected chi connectivity index (χ4v) is 1.74. The van der Waals surface area contributed by atoms with Gasteiger partial charge in [0.05, 0.1) is 0 Å². The topological polar surface area (TPSA) is 74.2 Å². The maximum atomic E-state index is 5.69. The molecule has 1 heterocycles. The van der Waals surface area contributed by atoms with E-state index in [-0.39, 0.29) is 6.61 Å². The van der Waals surface area contributed by atoms with Gasteiger partial charge in [0.1, 0.15) is 5.75 Å². The van der Waals surface area contributed by atoms with Gasteiger partial charge in [0, 0.05) is 0 Å². The van der Waals surface area contributed by atoms with Crippen molar-refractivity contribution in [2.24, 2.45) is 5.73 Å². The van der Waals surface area contributed by atoms with Gasteiger partial charge in [-0.3, -0.25) is 0 Å². The second kappa shape index (κ2) is 5.64. The Balaban J connectivity index is 2.08. The third-order valence-electron chi connectivity index (χ3n) is 2.55. The average molecular weight is 247 g/mol. The molecule has 0 aliphatic heterocycles. The molecule has 96 valence electrons. The van der Waals surface area contributed by atoms with Crippen LogP contribution in [0.3, 0.4) is 0 Å². The highest BCUT2D eigenvalue weighted by atomic mass is 16.5. The van der Waals surface area contributed by atoms with E-state index < -0.39 is 0 Å².